The van der Waals surface area contributed by atoms with E-state index in [0.29, 0.717) is 99.1 Å². The average Bonchev–Trinajstić information content (AvgIpc) is 2.95. The summed E-state index contributed by atoms with van der Waals surface area (Å²) in [4.78, 5) is 10.8. The van der Waals surface area contributed by atoms with E-state index in [9.17, 15) is 4.79 Å². The third kappa shape index (κ3) is 34.9. The van der Waals surface area contributed by atoms with Crippen LogP contribution >= 0.6 is 0 Å². The maximum atomic E-state index is 10.8. The summed E-state index contributed by atoms with van der Waals surface area (Å²) < 4.78 is 48.4. The van der Waals surface area contributed by atoms with Crippen LogP contribution in [0, 0.1) is 0 Å². The number of ether oxygens (including phenoxy) is 9. The zero-order valence-electron chi connectivity index (χ0n) is 24.5. The van der Waals surface area contributed by atoms with Gasteiger partial charge in [-0.1, -0.05) is 58.4 Å². The first-order valence-electron chi connectivity index (χ1n) is 14.7. The first-order valence-corrected chi connectivity index (χ1v) is 14.7. The van der Waals surface area contributed by atoms with Crippen molar-refractivity contribution >= 4 is 5.97 Å². The van der Waals surface area contributed by atoms with Gasteiger partial charge in [-0.2, -0.15) is 0 Å². The summed E-state index contributed by atoms with van der Waals surface area (Å²) in [5.74, 6) is -0.452. The lowest BCUT2D eigenvalue weighted by molar-refractivity contribution is -0.139. The Bertz CT molecular complexity index is 493. The molecule has 0 spiro atoms. The van der Waals surface area contributed by atoms with Crippen molar-refractivity contribution in [3.63, 3.8) is 0 Å². The van der Waals surface area contributed by atoms with E-state index in [1.54, 1.807) is 0 Å². The van der Waals surface area contributed by atoms with Gasteiger partial charge in [-0.25, -0.2) is 4.79 Å². The lowest BCUT2D eigenvalue weighted by Crippen LogP contribution is -2.15. The van der Waals surface area contributed by atoms with E-state index >= 15 is 0 Å². The zero-order valence-corrected chi connectivity index (χ0v) is 24.5. The van der Waals surface area contributed by atoms with E-state index in [1.165, 1.54) is 44.9 Å². The van der Waals surface area contributed by atoms with Crippen molar-refractivity contribution in [3.8, 4) is 0 Å². The van der Waals surface area contributed by atoms with Crippen LogP contribution in [-0.2, 0) is 47.4 Å². The van der Waals surface area contributed by atoms with Crippen molar-refractivity contribution < 1.29 is 47.4 Å². The molecule has 10 heteroatoms. The van der Waals surface area contributed by atoms with Gasteiger partial charge in [-0.15, -0.1) is 0 Å². The lowest BCUT2D eigenvalue weighted by atomic mass is 10.1. The molecule has 0 saturated heterocycles. The molecular formula is C29H56O10. The molecule has 0 amide bonds. The van der Waals surface area contributed by atoms with Gasteiger partial charge in [0.25, 0.3) is 0 Å². The number of unbranched alkanes of at least 4 members (excludes halogenated alkanes) is 7. The second-order valence-corrected chi connectivity index (χ2v) is 8.75. The molecule has 0 bridgehead atoms. The molecule has 0 atom stereocenters. The average molecular weight is 565 g/mol. The van der Waals surface area contributed by atoms with Crippen LogP contribution in [0.25, 0.3) is 0 Å². The molecule has 0 aliphatic rings. The maximum absolute atomic E-state index is 10.8. The van der Waals surface area contributed by atoms with E-state index in [4.69, 9.17) is 42.6 Å². The Balaban J connectivity index is 3.04. The highest BCUT2D eigenvalue weighted by molar-refractivity contribution is 5.81. The van der Waals surface area contributed by atoms with Crippen LogP contribution < -0.4 is 0 Å². The quantitative estimate of drug-likeness (QED) is 0.0648. The Labute approximate surface area is 236 Å². The molecule has 232 valence electrons. The van der Waals surface area contributed by atoms with Crippen molar-refractivity contribution in [2.24, 2.45) is 0 Å². The van der Waals surface area contributed by atoms with Crippen molar-refractivity contribution in [2.45, 2.75) is 58.3 Å². The molecule has 0 radical (unpaired) electrons. The van der Waals surface area contributed by atoms with E-state index in [2.05, 4.69) is 13.5 Å². The third-order valence-electron chi connectivity index (χ3n) is 5.38. The minimum atomic E-state index is -0.452. The second kappa shape index (κ2) is 34.9. The van der Waals surface area contributed by atoms with Crippen LogP contribution in [-0.4, -0.2) is 118 Å². The highest BCUT2D eigenvalue weighted by Crippen LogP contribution is 2.08. The third-order valence-corrected chi connectivity index (χ3v) is 5.38. The molecule has 0 N–H and O–H groups in total. The molecule has 0 unspecified atom stereocenters. The smallest absolute Gasteiger partial charge is 0.330 e. The number of hydrogen-bond donors (Lipinski definition) is 0. The molecule has 0 aromatic rings. The maximum Gasteiger partial charge on any atom is 0.330 e. The van der Waals surface area contributed by atoms with Crippen LogP contribution in [0.4, 0.5) is 0 Å². The number of rotatable bonds is 34. The predicted molar refractivity (Wildman–Crippen MR) is 150 cm³/mol. The summed E-state index contributed by atoms with van der Waals surface area (Å²) in [6.07, 6.45) is 11.6. The van der Waals surface area contributed by atoms with Gasteiger partial charge >= 0.3 is 5.97 Å². The molecule has 0 fully saturated rings. The van der Waals surface area contributed by atoms with E-state index < -0.39 is 5.97 Å². The first-order chi connectivity index (χ1) is 19.3. The molecule has 0 aliphatic carbocycles. The summed E-state index contributed by atoms with van der Waals surface area (Å²) >= 11 is 0. The fourth-order valence-corrected chi connectivity index (χ4v) is 3.24. The highest BCUT2D eigenvalue weighted by atomic mass is 16.6. The largest absolute Gasteiger partial charge is 0.460 e. The molecule has 0 rings (SSSR count). The standard InChI is InChI=1S/C29H56O10/c1-3-5-6-7-8-9-10-11-12-31-13-14-32-15-16-33-17-18-34-19-20-35-21-22-36-23-24-37-25-26-38-27-28-39-29(30)4-2/h4H,2-3,5-28H2,1H3. The summed E-state index contributed by atoms with van der Waals surface area (Å²) in [5.41, 5.74) is 0. The summed E-state index contributed by atoms with van der Waals surface area (Å²) in [5, 5.41) is 0. The summed E-state index contributed by atoms with van der Waals surface area (Å²) in [6.45, 7) is 14.3. The van der Waals surface area contributed by atoms with Crippen molar-refractivity contribution in [1.29, 1.82) is 0 Å². The van der Waals surface area contributed by atoms with Crippen molar-refractivity contribution in [2.75, 3.05) is 112 Å². The van der Waals surface area contributed by atoms with Gasteiger partial charge in [0, 0.05) is 12.7 Å². The Morgan fingerprint density at radius 2 is 0.718 bits per heavy atom. The van der Waals surface area contributed by atoms with Crippen molar-refractivity contribution in [1.82, 2.24) is 0 Å². The number of carbonyl (C=O) groups is 1. The number of esters is 1. The summed E-state index contributed by atoms with van der Waals surface area (Å²) in [7, 11) is 0. The van der Waals surface area contributed by atoms with Gasteiger partial charge in [0.2, 0.25) is 0 Å². The van der Waals surface area contributed by atoms with Gasteiger partial charge < -0.3 is 42.6 Å². The van der Waals surface area contributed by atoms with Gasteiger partial charge in [0.05, 0.1) is 99.1 Å². The molecule has 0 heterocycles. The normalized spacial score (nSPS) is 11.2. The van der Waals surface area contributed by atoms with Crippen LogP contribution in [0.2, 0.25) is 0 Å². The Hall–Kier alpha value is -1.11. The van der Waals surface area contributed by atoms with Crippen molar-refractivity contribution in [3.05, 3.63) is 12.7 Å². The molecule has 0 aromatic carbocycles. The Morgan fingerprint density at radius 1 is 0.436 bits per heavy atom. The fourth-order valence-electron chi connectivity index (χ4n) is 3.24. The van der Waals surface area contributed by atoms with Crippen LogP contribution in [0.3, 0.4) is 0 Å². The first kappa shape index (κ1) is 37.9. The molecule has 0 saturated carbocycles. The fraction of sp³-hybridized carbons (Fsp3) is 0.897. The van der Waals surface area contributed by atoms with E-state index in [0.717, 1.165) is 19.1 Å². The second-order valence-electron chi connectivity index (χ2n) is 8.75. The minimum Gasteiger partial charge on any atom is -0.460 e. The molecule has 39 heavy (non-hydrogen) atoms. The van der Waals surface area contributed by atoms with Gasteiger partial charge in [0.15, 0.2) is 0 Å². The number of hydrogen-bond acceptors (Lipinski definition) is 10. The Morgan fingerprint density at radius 3 is 1.05 bits per heavy atom. The van der Waals surface area contributed by atoms with Crippen LogP contribution in [0.5, 0.6) is 0 Å². The zero-order chi connectivity index (χ0) is 28.3. The topological polar surface area (TPSA) is 100 Å². The number of carbonyl (C=O) groups excluding carboxylic acids is 1. The monoisotopic (exact) mass is 564 g/mol. The minimum absolute atomic E-state index is 0.207. The lowest BCUT2D eigenvalue weighted by Gasteiger charge is -2.09. The molecular weight excluding hydrogens is 508 g/mol. The van der Waals surface area contributed by atoms with Gasteiger partial charge in [-0.05, 0) is 6.42 Å². The van der Waals surface area contributed by atoms with Gasteiger partial charge in [-0.3, -0.25) is 0 Å². The van der Waals surface area contributed by atoms with E-state index in [1.807, 2.05) is 0 Å². The summed E-state index contributed by atoms with van der Waals surface area (Å²) in [6, 6.07) is 0. The van der Waals surface area contributed by atoms with Crippen LogP contribution in [0.15, 0.2) is 12.7 Å². The van der Waals surface area contributed by atoms with Gasteiger partial charge in [0.1, 0.15) is 6.61 Å². The van der Waals surface area contributed by atoms with E-state index in [-0.39, 0.29) is 6.61 Å². The predicted octanol–water partition coefficient (Wildman–Crippen LogP) is 3.99. The highest BCUT2D eigenvalue weighted by Gasteiger charge is 1.97. The molecule has 0 aromatic heterocycles. The Kier molecular flexibility index (Phi) is 33.9. The molecule has 0 aliphatic heterocycles. The molecule has 10 nitrogen and oxygen atoms in total. The van der Waals surface area contributed by atoms with Crippen LogP contribution in [0.1, 0.15) is 58.3 Å². The SMILES string of the molecule is C=CC(=O)OCCOCCOCCOCCOCCOCCOCCOCCOCCCCCCCCCC.